The molecule has 9 heteroatoms. The summed E-state index contributed by atoms with van der Waals surface area (Å²) in [5.41, 5.74) is 1.40. The van der Waals surface area contributed by atoms with Crippen molar-refractivity contribution < 1.29 is 19.0 Å². The first kappa shape index (κ1) is 19.8. The summed E-state index contributed by atoms with van der Waals surface area (Å²) in [5.74, 6) is 0.724. The van der Waals surface area contributed by atoms with Crippen LogP contribution in [0.5, 0.6) is 11.5 Å². The monoisotopic (exact) mass is 454 g/mol. The number of ether oxygens (including phenoxy) is 3. The molecule has 2 aromatic heterocycles. The highest BCUT2D eigenvalue weighted by atomic mass is 32.1. The Balaban J connectivity index is 1.74. The molecule has 31 heavy (non-hydrogen) atoms. The van der Waals surface area contributed by atoms with E-state index in [-0.39, 0.29) is 19.0 Å². The zero-order valence-electron chi connectivity index (χ0n) is 16.8. The summed E-state index contributed by atoms with van der Waals surface area (Å²) in [7, 11) is 0. The van der Waals surface area contributed by atoms with Crippen molar-refractivity contribution in [3.8, 4) is 11.5 Å². The average molecular weight is 455 g/mol. The van der Waals surface area contributed by atoms with Crippen molar-refractivity contribution in [3.63, 3.8) is 0 Å². The van der Waals surface area contributed by atoms with Gasteiger partial charge < -0.3 is 14.2 Å². The third kappa shape index (κ3) is 3.39. The molecule has 0 unspecified atom stereocenters. The van der Waals surface area contributed by atoms with Crippen molar-refractivity contribution >= 4 is 34.7 Å². The number of carbonyl (C=O) groups is 1. The van der Waals surface area contributed by atoms with Crippen LogP contribution in [0.4, 0.5) is 0 Å². The number of aromatic nitrogens is 1. The molecule has 5 rings (SSSR count). The highest BCUT2D eigenvalue weighted by Gasteiger charge is 2.34. The van der Waals surface area contributed by atoms with Crippen LogP contribution in [-0.2, 0) is 9.53 Å². The number of thiazole rings is 1. The SMILES string of the molecule is CCOC(=O)C1=C(C)N=c2s/c(=C\c3cccs3)c(=O)n2[C@H]1c1ccc2c(c1)OCO2. The minimum absolute atomic E-state index is 0.141. The van der Waals surface area contributed by atoms with E-state index >= 15 is 0 Å². The van der Waals surface area contributed by atoms with E-state index in [2.05, 4.69) is 4.99 Å². The van der Waals surface area contributed by atoms with E-state index in [9.17, 15) is 9.59 Å². The molecule has 0 aliphatic carbocycles. The van der Waals surface area contributed by atoms with Crippen molar-refractivity contribution in [2.45, 2.75) is 19.9 Å². The van der Waals surface area contributed by atoms with Crippen LogP contribution in [0.1, 0.15) is 30.3 Å². The van der Waals surface area contributed by atoms with Crippen LogP contribution in [0.25, 0.3) is 6.08 Å². The van der Waals surface area contributed by atoms with Gasteiger partial charge in [0.05, 0.1) is 28.5 Å². The van der Waals surface area contributed by atoms with Crippen LogP contribution in [0.15, 0.2) is 56.8 Å². The fourth-order valence-corrected chi connectivity index (χ4v) is 5.46. The molecule has 0 fully saturated rings. The van der Waals surface area contributed by atoms with Crippen molar-refractivity contribution in [3.05, 3.63) is 77.1 Å². The standard InChI is InChI=1S/C22H18N2O5S2/c1-3-27-21(26)18-12(2)23-22-24(20(25)17(31-22)10-14-5-4-8-30-14)19(18)13-6-7-15-16(9-13)29-11-28-15/h4-10,19H,3,11H2,1-2H3/b17-10-/t19-/m0/s1. The van der Waals surface area contributed by atoms with Crippen LogP contribution in [0.2, 0.25) is 0 Å². The molecule has 1 aromatic carbocycles. The Bertz CT molecular complexity index is 1380. The summed E-state index contributed by atoms with van der Waals surface area (Å²) >= 11 is 2.86. The average Bonchev–Trinajstić information content (AvgIpc) is 3.48. The topological polar surface area (TPSA) is 79.1 Å². The lowest BCUT2D eigenvalue weighted by Gasteiger charge is -2.24. The number of esters is 1. The molecule has 0 amide bonds. The van der Waals surface area contributed by atoms with E-state index in [0.29, 0.717) is 32.1 Å². The first-order valence-electron chi connectivity index (χ1n) is 9.69. The number of carbonyl (C=O) groups excluding carboxylic acids is 1. The molecule has 0 N–H and O–H groups in total. The fourth-order valence-electron chi connectivity index (χ4n) is 3.69. The molecule has 0 radical (unpaired) electrons. The van der Waals surface area contributed by atoms with E-state index in [1.165, 1.54) is 11.3 Å². The lowest BCUT2D eigenvalue weighted by Crippen LogP contribution is -2.39. The van der Waals surface area contributed by atoms with E-state index < -0.39 is 12.0 Å². The van der Waals surface area contributed by atoms with Gasteiger partial charge in [-0.05, 0) is 49.1 Å². The maximum Gasteiger partial charge on any atom is 0.338 e. The summed E-state index contributed by atoms with van der Waals surface area (Å²) in [6.45, 7) is 3.89. The maximum atomic E-state index is 13.4. The van der Waals surface area contributed by atoms with Gasteiger partial charge in [0.15, 0.2) is 16.3 Å². The van der Waals surface area contributed by atoms with Gasteiger partial charge in [0, 0.05) is 4.88 Å². The highest BCUT2D eigenvalue weighted by molar-refractivity contribution is 7.11. The molecule has 158 valence electrons. The van der Waals surface area contributed by atoms with E-state index in [0.717, 1.165) is 10.4 Å². The highest BCUT2D eigenvalue weighted by Crippen LogP contribution is 2.38. The van der Waals surface area contributed by atoms with Crippen LogP contribution in [0.3, 0.4) is 0 Å². The van der Waals surface area contributed by atoms with Crippen molar-refractivity contribution in [1.29, 1.82) is 0 Å². The maximum absolute atomic E-state index is 13.4. The van der Waals surface area contributed by atoms with Gasteiger partial charge in [-0.15, -0.1) is 11.3 Å². The first-order valence-corrected chi connectivity index (χ1v) is 11.4. The number of thiophene rings is 1. The quantitative estimate of drug-likeness (QED) is 0.567. The van der Waals surface area contributed by atoms with Gasteiger partial charge in [-0.2, -0.15) is 0 Å². The largest absolute Gasteiger partial charge is 0.463 e. The molecule has 0 saturated heterocycles. The summed E-state index contributed by atoms with van der Waals surface area (Å²) < 4.78 is 18.4. The first-order chi connectivity index (χ1) is 15.1. The smallest absolute Gasteiger partial charge is 0.338 e. The Kier molecular flexibility index (Phi) is 4.99. The van der Waals surface area contributed by atoms with Gasteiger partial charge in [0.2, 0.25) is 6.79 Å². The van der Waals surface area contributed by atoms with E-state index in [1.807, 2.05) is 29.7 Å². The molecule has 4 heterocycles. The van der Waals surface area contributed by atoms with Gasteiger partial charge in [-0.1, -0.05) is 23.5 Å². The van der Waals surface area contributed by atoms with Crippen molar-refractivity contribution in [2.24, 2.45) is 4.99 Å². The summed E-state index contributed by atoms with van der Waals surface area (Å²) in [5, 5.41) is 1.96. The molecule has 7 nitrogen and oxygen atoms in total. The fraction of sp³-hybridized carbons (Fsp3) is 0.227. The minimum atomic E-state index is -0.671. The van der Waals surface area contributed by atoms with Gasteiger partial charge in [0.25, 0.3) is 5.56 Å². The molecule has 0 saturated carbocycles. The van der Waals surface area contributed by atoms with E-state index in [4.69, 9.17) is 14.2 Å². The Hall–Kier alpha value is -3.17. The van der Waals surface area contributed by atoms with Gasteiger partial charge in [-0.3, -0.25) is 9.36 Å². The Morgan fingerprint density at radius 3 is 2.94 bits per heavy atom. The van der Waals surface area contributed by atoms with Gasteiger partial charge >= 0.3 is 5.97 Å². The Morgan fingerprint density at radius 2 is 2.16 bits per heavy atom. The zero-order valence-corrected chi connectivity index (χ0v) is 18.4. The number of hydrogen-bond donors (Lipinski definition) is 0. The number of nitrogens with zero attached hydrogens (tertiary/aromatic N) is 2. The summed E-state index contributed by atoms with van der Waals surface area (Å²) in [6.07, 6.45) is 1.86. The third-order valence-electron chi connectivity index (χ3n) is 5.05. The second-order valence-electron chi connectivity index (χ2n) is 6.93. The molecular formula is C22H18N2O5S2. The molecule has 3 aromatic rings. The molecule has 0 bridgehead atoms. The normalized spacial score (nSPS) is 17.5. The van der Waals surface area contributed by atoms with Crippen LogP contribution < -0.4 is 24.4 Å². The number of hydrogen-bond acceptors (Lipinski definition) is 8. The Labute approximate surface area is 185 Å². The van der Waals surface area contributed by atoms with Crippen LogP contribution >= 0.6 is 22.7 Å². The summed E-state index contributed by atoms with van der Waals surface area (Å²) in [6, 6.07) is 8.65. The molecule has 0 spiro atoms. The molecule has 1 atom stereocenters. The van der Waals surface area contributed by atoms with Crippen LogP contribution in [-0.4, -0.2) is 23.9 Å². The second kappa shape index (κ2) is 7.82. The van der Waals surface area contributed by atoms with Gasteiger partial charge in [-0.25, -0.2) is 9.79 Å². The van der Waals surface area contributed by atoms with Gasteiger partial charge in [0.1, 0.15) is 0 Å². The summed E-state index contributed by atoms with van der Waals surface area (Å²) in [4.78, 5) is 32.4. The van der Waals surface area contributed by atoms with Crippen LogP contribution in [0, 0.1) is 0 Å². The van der Waals surface area contributed by atoms with Crippen molar-refractivity contribution in [1.82, 2.24) is 4.57 Å². The third-order valence-corrected chi connectivity index (χ3v) is 6.85. The predicted octanol–water partition coefficient (Wildman–Crippen LogP) is 2.59. The Morgan fingerprint density at radius 1 is 1.32 bits per heavy atom. The van der Waals surface area contributed by atoms with Crippen molar-refractivity contribution in [2.75, 3.05) is 13.4 Å². The number of benzene rings is 1. The lowest BCUT2D eigenvalue weighted by atomic mass is 9.95. The number of rotatable bonds is 4. The predicted molar refractivity (Wildman–Crippen MR) is 117 cm³/mol. The molecular weight excluding hydrogens is 436 g/mol. The lowest BCUT2D eigenvalue weighted by molar-refractivity contribution is -0.139. The zero-order chi connectivity index (χ0) is 21.5. The molecule has 2 aliphatic heterocycles. The minimum Gasteiger partial charge on any atom is -0.463 e. The number of allylic oxidation sites excluding steroid dienone is 1. The second-order valence-corrected chi connectivity index (χ2v) is 8.92. The molecule has 2 aliphatic rings. The van der Waals surface area contributed by atoms with E-state index in [1.54, 1.807) is 41.9 Å². The number of fused-ring (bicyclic) bond motifs is 2.